The van der Waals surface area contributed by atoms with Gasteiger partial charge in [-0.05, 0) is 48.4 Å². The number of benzene rings is 2. The number of nitrogen functional groups attached to an aromatic ring is 1. The predicted molar refractivity (Wildman–Crippen MR) is 79.3 cm³/mol. The van der Waals surface area contributed by atoms with Crippen LogP contribution in [0.5, 0.6) is 0 Å². The van der Waals surface area contributed by atoms with Crippen LogP contribution in [0.4, 0.5) is 5.69 Å². The average Bonchev–Trinajstić information content (AvgIpc) is 2.31. The van der Waals surface area contributed by atoms with Gasteiger partial charge in [-0.3, -0.25) is 0 Å². The topological polar surface area (TPSA) is 26.0 Å². The number of thioether (sulfide) groups is 1. The first kappa shape index (κ1) is 12.5. The van der Waals surface area contributed by atoms with Gasteiger partial charge in [0, 0.05) is 20.8 Å². The smallest absolute Gasteiger partial charge is 0.0344 e. The van der Waals surface area contributed by atoms with E-state index in [1.165, 1.54) is 10.5 Å². The summed E-state index contributed by atoms with van der Waals surface area (Å²) in [6, 6.07) is 14.6. The van der Waals surface area contributed by atoms with E-state index < -0.39 is 0 Å². The highest BCUT2D eigenvalue weighted by Crippen LogP contribution is 2.26. The Morgan fingerprint density at radius 2 is 2.00 bits per heavy atom. The van der Waals surface area contributed by atoms with Crippen molar-refractivity contribution in [1.82, 2.24) is 0 Å². The number of nitrogens with two attached hydrogens (primary N) is 1. The van der Waals surface area contributed by atoms with Crippen LogP contribution in [0.25, 0.3) is 0 Å². The molecule has 0 aliphatic heterocycles. The molecule has 0 amide bonds. The Morgan fingerprint density at radius 3 is 2.71 bits per heavy atom. The van der Waals surface area contributed by atoms with E-state index in [0.29, 0.717) is 0 Å². The monoisotopic (exact) mass is 307 g/mol. The Labute approximate surface area is 115 Å². The fourth-order valence-corrected chi connectivity index (χ4v) is 2.92. The van der Waals surface area contributed by atoms with Gasteiger partial charge in [0.2, 0.25) is 0 Å². The lowest BCUT2D eigenvalue weighted by atomic mass is 10.2. The SMILES string of the molecule is Cc1cc(SCc2cccc(Br)c2)ccc1N. The summed E-state index contributed by atoms with van der Waals surface area (Å²) in [6.07, 6.45) is 0. The van der Waals surface area contributed by atoms with Crippen LogP contribution in [0.15, 0.2) is 51.8 Å². The molecular weight excluding hydrogens is 294 g/mol. The van der Waals surface area contributed by atoms with Crippen molar-refractivity contribution in [3.05, 3.63) is 58.1 Å². The molecule has 2 N–H and O–H groups in total. The molecule has 0 heterocycles. The van der Waals surface area contributed by atoms with E-state index in [1.807, 2.05) is 30.8 Å². The number of anilines is 1. The summed E-state index contributed by atoms with van der Waals surface area (Å²) in [7, 11) is 0. The molecule has 0 saturated carbocycles. The molecule has 0 atom stereocenters. The van der Waals surface area contributed by atoms with Crippen molar-refractivity contribution in [2.45, 2.75) is 17.6 Å². The Morgan fingerprint density at radius 1 is 1.18 bits per heavy atom. The van der Waals surface area contributed by atoms with Crippen LogP contribution in [0, 0.1) is 6.92 Å². The number of aryl methyl sites for hydroxylation is 1. The van der Waals surface area contributed by atoms with Gasteiger partial charge < -0.3 is 5.73 Å². The van der Waals surface area contributed by atoms with Gasteiger partial charge >= 0.3 is 0 Å². The summed E-state index contributed by atoms with van der Waals surface area (Å²) in [5.41, 5.74) is 9.12. The molecule has 3 heteroatoms. The van der Waals surface area contributed by atoms with Crippen LogP contribution in [0.2, 0.25) is 0 Å². The number of hydrogen-bond donors (Lipinski definition) is 1. The van der Waals surface area contributed by atoms with Crippen molar-refractivity contribution in [2.75, 3.05) is 5.73 Å². The third-order valence-electron chi connectivity index (χ3n) is 2.54. The zero-order valence-corrected chi connectivity index (χ0v) is 12.0. The minimum atomic E-state index is 0.858. The highest BCUT2D eigenvalue weighted by molar-refractivity contribution is 9.10. The minimum Gasteiger partial charge on any atom is -0.399 e. The van der Waals surface area contributed by atoms with Crippen LogP contribution < -0.4 is 5.73 Å². The zero-order chi connectivity index (χ0) is 12.3. The molecule has 17 heavy (non-hydrogen) atoms. The molecule has 0 aliphatic rings. The van der Waals surface area contributed by atoms with Crippen LogP contribution in [-0.4, -0.2) is 0 Å². The first-order valence-corrected chi connectivity index (χ1v) is 7.16. The van der Waals surface area contributed by atoms with Crippen molar-refractivity contribution >= 4 is 33.4 Å². The second-order valence-corrected chi connectivity index (χ2v) is 5.90. The van der Waals surface area contributed by atoms with E-state index in [0.717, 1.165) is 21.5 Å². The summed E-state index contributed by atoms with van der Waals surface area (Å²) in [5.74, 6) is 0.975. The minimum absolute atomic E-state index is 0.858. The van der Waals surface area contributed by atoms with E-state index >= 15 is 0 Å². The zero-order valence-electron chi connectivity index (χ0n) is 9.61. The van der Waals surface area contributed by atoms with E-state index in [4.69, 9.17) is 5.73 Å². The van der Waals surface area contributed by atoms with Gasteiger partial charge in [0.1, 0.15) is 0 Å². The van der Waals surface area contributed by atoms with Crippen molar-refractivity contribution < 1.29 is 0 Å². The van der Waals surface area contributed by atoms with Crippen LogP contribution in [0.1, 0.15) is 11.1 Å². The van der Waals surface area contributed by atoms with Gasteiger partial charge in [0.05, 0.1) is 0 Å². The molecule has 2 aromatic carbocycles. The van der Waals surface area contributed by atoms with Crippen molar-refractivity contribution in [2.24, 2.45) is 0 Å². The van der Waals surface area contributed by atoms with Gasteiger partial charge in [0.15, 0.2) is 0 Å². The fourth-order valence-electron chi connectivity index (χ4n) is 1.53. The Kier molecular flexibility index (Phi) is 4.13. The van der Waals surface area contributed by atoms with E-state index in [2.05, 4.69) is 46.3 Å². The van der Waals surface area contributed by atoms with Crippen molar-refractivity contribution in [3.63, 3.8) is 0 Å². The first-order chi connectivity index (χ1) is 8.15. The highest BCUT2D eigenvalue weighted by atomic mass is 79.9. The molecule has 1 nitrogen and oxygen atoms in total. The highest BCUT2D eigenvalue weighted by Gasteiger charge is 1.99. The number of hydrogen-bond acceptors (Lipinski definition) is 2. The Bertz CT molecular complexity index is 525. The molecule has 0 saturated heterocycles. The van der Waals surface area contributed by atoms with Gasteiger partial charge in [0.25, 0.3) is 0 Å². The molecule has 0 fully saturated rings. The van der Waals surface area contributed by atoms with Gasteiger partial charge in [-0.25, -0.2) is 0 Å². The third-order valence-corrected chi connectivity index (χ3v) is 4.09. The molecule has 0 aliphatic carbocycles. The molecule has 0 spiro atoms. The fraction of sp³-hybridized carbons (Fsp3) is 0.143. The van der Waals surface area contributed by atoms with Crippen molar-refractivity contribution in [1.29, 1.82) is 0 Å². The van der Waals surface area contributed by atoms with E-state index in [9.17, 15) is 0 Å². The maximum atomic E-state index is 5.80. The molecular formula is C14H14BrNS. The maximum Gasteiger partial charge on any atom is 0.0344 e. The van der Waals surface area contributed by atoms with Crippen LogP contribution in [0.3, 0.4) is 0 Å². The maximum absolute atomic E-state index is 5.80. The molecule has 0 bridgehead atoms. The normalized spacial score (nSPS) is 10.5. The number of halogens is 1. The summed E-state index contributed by atoms with van der Waals surface area (Å²) < 4.78 is 1.13. The molecule has 2 rings (SSSR count). The van der Waals surface area contributed by atoms with Crippen LogP contribution >= 0.6 is 27.7 Å². The lowest BCUT2D eigenvalue weighted by Gasteiger charge is -2.05. The van der Waals surface area contributed by atoms with Crippen molar-refractivity contribution in [3.8, 4) is 0 Å². The third kappa shape index (κ3) is 3.51. The second kappa shape index (κ2) is 5.61. The molecule has 2 aromatic rings. The predicted octanol–water partition coefficient (Wildman–Crippen LogP) is 4.63. The van der Waals surface area contributed by atoms with Crippen LogP contribution in [-0.2, 0) is 5.75 Å². The van der Waals surface area contributed by atoms with Gasteiger partial charge in [-0.15, -0.1) is 11.8 Å². The largest absolute Gasteiger partial charge is 0.399 e. The second-order valence-electron chi connectivity index (χ2n) is 3.94. The average molecular weight is 308 g/mol. The standard InChI is InChI=1S/C14H14BrNS/c1-10-7-13(5-6-14(10)16)17-9-11-3-2-4-12(15)8-11/h2-8H,9,16H2,1H3. The van der Waals surface area contributed by atoms with E-state index in [1.54, 1.807) is 0 Å². The summed E-state index contributed by atoms with van der Waals surface area (Å²) >= 11 is 5.31. The van der Waals surface area contributed by atoms with Gasteiger partial charge in [-0.1, -0.05) is 28.1 Å². The summed E-state index contributed by atoms with van der Waals surface area (Å²) in [4.78, 5) is 1.26. The molecule has 0 radical (unpaired) electrons. The molecule has 88 valence electrons. The van der Waals surface area contributed by atoms with Gasteiger partial charge in [-0.2, -0.15) is 0 Å². The Hall–Kier alpha value is -0.930. The quantitative estimate of drug-likeness (QED) is 0.661. The summed E-state index contributed by atoms with van der Waals surface area (Å²) in [6.45, 7) is 2.04. The molecule has 0 aromatic heterocycles. The lowest BCUT2D eigenvalue weighted by molar-refractivity contribution is 1.34. The Balaban J connectivity index is 2.05. The van der Waals surface area contributed by atoms with E-state index in [-0.39, 0.29) is 0 Å². The summed E-state index contributed by atoms with van der Waals surface area (Å²) in [5, 5.41) is 0. The number of rotatable bonds is 3. The molecule has 0 unspecified atom stereocenters. The first-order valence-electron chi connectivity index (χ1n) is 5.38. The lowest BCUT2D eigenvalue weighted by Crippen LogP contribution is -1.89.